The predicted molar refractivity (Wildman–Crippen MR) is 62.9 cm³/mol. The molecule has 18 heavy (non-hydrogen) atoms. The largest absolute Gasteiger partial charge is 0.326 e. The van der Waals surface area contributed by atoms with Crippen LogP contribution in [0.25, 0.3) is 0 Å². The first-order valence-electron chi connectivity index (χ1n) is 5.90. The highest BCUT2D eigenvalue weighted by atomic mass is 19.3. The highest BCUT2D eigenvalue weighted by Crippen LogP contribution is 2.34. The number of aryl methyl sites for hydroxylation is 1. The third kappa shape index (κ3) is 3.45. The van der Waals surface area contributed by atoms with Crippen molar-refractivity contribution in [3.05, 3.63) is 35.4 Å². The minimum atomic E-state index is -4.20. The van der Waals surface area contributed by atoms with Crippen molar-refractivity contribution in [1.82, 2.24) is 0 Å². The number of rotatable bonds is 6. The summed E-state index contributed by atoms with van der Waals surface area (Å²) in [6.07, 6.45) is -0.882. The zero-order valence-corrected chi connectivity index (χ0v) is 10.2. The second-order valence-electron chi connectivity index (χ2n) is 4.30. The summed E-state index contributed by atoms with van der Waals surface area (Å²) in [6, 6.07) is 4.13. The molecule has 0 fully saturated rings. The van der Waals surface area contributed by atoms with Gasteiger partial charge in [-0.15, -0.1) is 0 Å². The average Bonchev–Trinajstić information content (AvgIpc) is 2.35. The molecule has 0 amide bonds. The highest BCUT2D eigenvalue weighted by molar-refractivity contribution is 5.26. The topological polar surface area (TPSA) is 26.0 Å². The average molecular weight is 263 g/mol. The van der Waals surface area contributed by atoms with E-state index in [1.165, 1.54) is 12.1 Å². The Kier molecular flexibility index (Phi) is 5.14. The van der Waals surface area contributed by atoms with Gasteiger partial charge in [-0.1, -0.05) is 37.6 Å². The first-order valence-corrected chi connectivity index (χ1v) is 5.90. The van der Waals surface area contributed by atoms with Crippen molar-refractivity contribution in [1.29, 1.82) is 0 Å². The molecule has 0 saturated heterocycles. The molecule has 1 nitrogen and oxygen atoms in total. The van der Waals surface area contributed by atoms with Crippen molar-refractivity contribution >= 4 is 0 Å². The second kappa shape index (κ2) is 6.18. The van der Waals surface area contributed by atoms with E-state index in [1.807, 2.05) is 6.92 Å². The summed E-state index contributed by atoms with van der Waals surface area (Å²) in [6.45, 7) is 2.05. The molecular formula is C13H17F4N. The molecule has 1 rings (SSSR count). The molecule has 5 heteroatoms. The van der Waals surface area contributed by atoms with Gasteiger partial charge in [0, 0.05) is 0 Å². The van der Waals surface area contributed by atoms with Gasteiger partial charge in [0.25, 0.3) is 0 Å². The molecule has 0 spiro atoms. The molecule has 1 aromatic carbocycles. The van der Waals surface area contributed by atoms with E-state index in [4.69, 9.17) is 5.73 Å². The lowest BCUT2D eigenvalue weighted by molar-refractivity contribution is -0.144. The van der Waals surface area contributed by atoms with Gasteiger partial charge in [-0.2, -0.15) is 8.78 Å². The Morgan fingerprint density at radius 2 is 1.72 bits per heavy atom. The third-order valence-corrected chi connectivity index (χ3v) is 2.86. The van der Waals surface area contributed by atoms with Gasteiger partial charge in [-0.05, 0) is 24.0 Å². The van der Waals surface area contributed by atoms with Gasteiger partial charge in [0.15, 0.2) is 0 Å². The van der Waals surface area contributed by atoms with Crippen molar-refractivity contribution in [2.75, 3.05) is 0 Å². The van der Waals surface area contributed by atoms with Crippen LogP contribution in [0.3, 0.4) is 0 Å². The van der Waals surface area contributed by atoms with Gasteiger partial charge in [-0.25, -0.2) is 8.78 Å². The van der Waals surface area contributed by atoms with E-state index < -0.39 is 18.4 Å². The lowest BCUT2D eigenvalue weighted by Crippen LogP contribution is -2.39. The Bertz CT molecular complexity index is 362. The summed E-state index contributed by atoms with van der Waals surface area (Å²) in [5.41, 5.74) is 6.22. The number of halogens is 4. The van der Waals surface area contributed by atoms with Gasteiger partial charge in [0.1, 0.15) is 6.04 Å². The number of hydrogen-bond acceptors (Lipinski definition) is 1. The number of alkyl halides is 4. The molecule has 0 aromatic heterocycles. The van der Waals surface area contributed by atoms with Crippen LogP contribution in [0, 0.1) is 0 Å². The lowest BCUT2D eigenvalue weighted by atomic mass is 9.99. The second-order valence-corrected chi connectivity index (χ2v) is 4.30. The van der Waals surface area contributed by atoms with Crippen molar-refractivity contribution < 1.29 is 17.6 Å². The Balaban J connectivity index is 2.78. The quantitative estimate of drug-likeness (QED) is 0.773. The van der Waals surface area contributed by atoms with Crippen LogP contribution in [0.15, 0.2) is 24.3 Å². The normalized spacial score (nSPS) is 13.9. The van der Waals surface area contributed by atoms with E-state index >= 15 is 0 Å². The van der Waals surface area contributed by atoms with Crippen LogP contribution in [0.4, 0.5) is 17.6 Å². The Morgan fingerprint density at radius 3 is 2.17 bits per heavy atom. The molecule has 102 valence electrons. The summed E-state index contributed by atoms with van der Waals surface area (Å²) in [5, 5.41) is 0. The Morgan fingerprint density at radius 1 is 1.17 bits per heavy atom. The molecule has 0 bridgehead atoms. The summed E-state index contributed by atoms with van der Waals surface area (Å²) in [7, 11) is 0. The minimum absolute atomic E-state index is 0.0283. The highest BCUT2D eigenvalue weighted by Gasteiger charge is 2.47. The molecule has 1 aromatic rings. The zero-order valence-electron chi connectivity index (χ0n) is 10.2. The number of benzene rings is 1. The molecule has 2 N–H and O–H groups in total. The van der Waals surface area contributed by atoms with E-state index in [9.17, 15) is 17.6 Å². The molecule has 0 radical (unpaired) electrons. The van der Waals surface area contributed by atoms with E-state index in [1.54, 1.807) is 12.1 Å². The maximum atomic E-state index is 13.1. The smallest absolute Gasteiger partial charge is 0.319 e. The zero-order chi connectivity index (χ0) is 13.8. The maximum absolute atomic E-state index is 13.1. The number of hydrogen-bond donors (Lipinski definition) is 1. The molecular weight excluding hydrogens is 246 g/mol. The molecule has 1 atom stereocenters. The predicted octanol–water partition coefficient (Wildman–Crippen LogP) is 3.93. The summed E-state index contributed by atoms with van der Waals surface area (Å²) in [4.78, 5) is 0. The van der Waals surface area contributed by atoms with Gasteiger partial charge in [0.05, 0.1) is 0 Å². The van der Waals surface area contributed by atoms with Crippen molar-refractivity contribution in [3.8, 4) is 0 Å². The van der Waals surface area contributed by atoms with Gasteiger partial charge in [0.2, 0.25) is 0 Å². The number of nitrogens with two attached hydrogens (primary N) is 1. The Hall–Kier alpha value is -1.10. The lowest BCUT2D eigenvalue weighted by Gasteiger charge is -2.23. The summed E-state index contributed by atoms with van der Waals surface area (Å²) in [5.74, 6) is -4.20. The van der Waals surface area contributed by atoms with Crippen LogP contribution in [0.1, 0.15) is 36.9 Å². The van der Waals surface area contributed by atoms with E-state index in [0.29, 0.717) is 0 Å². The van der Waals surface area contributed by atoms with Crippen LogP contribution >= 0.6 is 0 Å². The SMILES string of the molecule is CCCCc1ccc(C(N)C(F)(F)C(F)F)cc1. The van der Waals surface area contributed by atoms with Gasteiger partial charge >= 0.3 is 12.3 Å². The first kappa shape index (κ1) is 15.0. The fourth-order valence-electron chi connectivity index (χ4n) is 1.63. The van der Waals surface area contributed by atoms with Crippen molar-refractivity contribution in [2.24, 2.45) is 5.73 Å². The van der Waals surface area contributed by atoms with Gasteiger partial charge < -0.3 is 5.73 Å². The summed E-state index contributed by atoms with van der Waals surface area (Å²) < 4.78 is 50.4. The third-order valence-electron chi connectivity index (χ3n) is 2.86. The van der Waals surface area contributed by atoms with E-state index in [2.05, 4.69) is 0 Å². The Labute approximate surface area is 104 Å². The maximum Gasteiger partial charge on any atom is 0.326 e. The minimum Gasteiger partial charge on any atom is -0.319 e. The molecule has 1 unspecified atom stereocenters. The molecule has 0 heterocycles. The number of unbranched alkanes of at least 4 members (excludes halogenated alkanes) is 1. The standard InChI is InChI=1S/C13H17F4N/c1-2-3-4-9-5-7-10(8-6-9)11(18)13(16,17)12(14)15/h5-8,11-12H,2-4,18H2,1H3. The first-order chi connectivity index (χ1) is 8.39. The van der Waals surface area contributed by atoms with Gasteiger partial charge in [-0.3, -0.25) is 0 Å². The molecule has 0 aliphatic rings. The van der Waals surface area contributed by atoms with Crippen LogP contribution < -0.4 is 5.73 Å². The van der Waals surface area contributed by atoms with Crippen LogP contribution in [0.2, 0.25) is 0 Å². The van der Waals surface area contributed by atoms with Crippen LogP contribution in [-0.2, 0) is 6.42 Å². The molecule has 0 saturated carbocycles. The fraction of sp³-hybridized carbons (Fsp3) is 0.538. The monoisotopic (exact) mass is 263 g/mol. The van der Waals surface area contributed by atoms with E-state index in [-0.39, 0.29) is 5.56 Å². The van der Waals surface area contributed by atoms with Crippen molar-refractivity contribution in [2.45, 2.75) is 44.6 Å². The fourth-order valence-corrected chi connectivity index (χ4v) is 1.63. The molecule has 0 aliphatic heterocycles. The van der Waals surface area contributed by atoms with E-state index in [0.717, 1.165) is 24.8 Å². The van der Waals surface area contributed by atoms with Crippen LogP contribution in [-0.4, -0.2) is 12.3 Å². The van der Waals surface area contributed by atoms with Crippen LogP contribution in [0.5, 0.6) is 0 Å². The van der Waals surface area contributed by atoms with Crippen molar-refractivity contribution in [3.63, 3.8) is 0 Å². The molecule has 0 aliphatic carbocycles. The summed E-state index contributed by atoms with van der Waals surface area (Å²) >= 11 is 0.